The van der Waals surface area contributed by atoms with E-state index in [0.29, 0.717) is 0 Å². The fourth-order valence-electron chi connectivity index (χ4n) is 4.02. The summed E-state index contributed by atoms with van der Waals surface area (Å²) in [7, 11) is 3.87. The molecule has 4 heterocycles. The van der Waals surface area contributed by atoms with E-state index >= 15 is 0 Å². The van der Waals surface area contributed by atoms with Crippen molar-refractivity contribution in [1.82, 2.24) is 29.4 Å². The zero-order chi connectivity index (χ0) is 18.1. The maximum atomic E-state index is 13.0. The van der Waals surface area contributed by atoms with Crippen molar-refractivity contribution in [2.45, 2.75) is 25.4 Å². The van der Waals surface area contributed by atoms with Crippen molar-refractivity contribution in [2.24, 2.45) is 14.1 Å². The number of aryl methyl sites for hydroxylation is 2. The average Bonchev–Trinajstić information content (AvgIpc) is 3.25. The van der Waals surface area contributed by atoms with Crippen molar-refractivity contribution in [2.75, 3.05) is 37.6 Å². The summed E-state index contributed by atoms with van der Waals surface area (Å²) >= 11 is 0. The van der Waals surface area contributed by atoms with E-state index < -0.39 is 0 Å². The zero-order valence-corrected chi connectivity index (χ0v) is 15.6. The summed E-state index contributed by atoms with van der Waals surface area (Å²) in [6.45, 7) is 5.57. The summed E-state index contributed by atoms with van der Waals surface area (Å²) in [6, 6.07) is 2.07. The highest BCUT2D eigenvalue weighted by atomic mass is 16.2. The van der Waals surface area contributed by atoms with E-state index in [4.69, 9.17) is 0 Å². The number of carbonyl (C=O) groups is 1. The first-order chi connectivity index (χ1) is 12.6. The van der Waals surface area contributed by atoms with Gasteiger partial charge in [0.25, 0.3) is 0 Å². The third-order valence-corrected chi connectivity index (χ3v) is 5.57. The maximum absolute atomic E-state index is 13.0. The van der Waals surface area contributed by atoms with Gasteiger partial charge in [0.15, 0.2) is 0 Å². The topological polar surface area (TPSA) is 62.4 Å². The molecule has 0 aromatic carbocycles. The van der Waals surface area contributed by atoms with Crippen LogP contribution in [-0.4, -0.2) is 74.0 Å². The summed E-state index contributed by atoms with van der Waals surface area (Å²) in [5.41, 5.74) is 2.15. The normalized spacial score (nSPS) is 22.9. The van der Waals surface area contributed by atoms with E-state index in [1.165, 1.54) is 5.69 Å². The maximum Gasteiger partial charge on any atom is 0.244 e. The van der Waals surface area contributed by atoms with Gasteiger partial charge in [0.1, 0.15) is 0 Å². The number of hydrogen-bond acceptors (Lipinski definition) is 5. The van der Waals surface area contributed by atoms with Gasteiger partial charge in [0, 0.05) is 65.8 Å². The number of piperazine rings is 1. The number of carbonyl (C=O) groups excluding carboxylic acids is 1. The molecule has 0 N–H and O–H groups in total. The summed E-state index contributed by atoms with van der Waals surface area (Å²) < 4.78 is 3.69. The lowest BCUT2D eigenvalue weighted by molar-refractivity contribution is -0.126. The standard InChI is InChI=1S/C18H27N7O/c1-21-13-16(12-20-21)25-7-3-4-17(18(25)26)24-10-8-23(9-11-24)14-15-5-6-19-22(15)2/h5-6,12-13,17H,3-4,7-11,14H2,1-2H3/t17-/m0/s1. The number of rotatable bonds is 4. The van der Waals surface area contributed by atoms with Crippen LogP contribution < -0.4 is 4.90 Å². The van der Waals surface area contributed by atoms with Crippen molar-refractivity contribution in [3.8, 4) is 0 Å². The van der Waals surface area contributed by atoms with Crippen molar-refractivity contribution >= 4 is 11.6 Å². The van der Waals surface area contributed by atoms with Gasteiger partial charge in [-0.25, -0.2) is 0 Å². The molecule has 0 saturated carbocycles. The second-order valence-corrected chi connectivity index (χ2v) is 7.28. The molecule has 0 spiro atoms. The Morgan fingerprint density at radius 3 is 2.58 bits per heavy atom. The largest absolute Gasteiger partial charge is 0.308 e. The van der Waals surface area contributed by atoms with Gasteiger partial charge in [-0.1, -0.05) is 0 Å². The van der Waals surface area contributed by atoms with E-state index in [1.807, 2.05) is 36.1 Å². The molecule has 2 aliphatic rings. The Hall–Kier alpha value is -2.19. The molecule has 2 aliphatic heterocycles. The monoisotopic (exact) mass is 357 g/mol. The molecular formula is C18H27N7O. The number of hydrogen-bond donors (Lipinski definition) is 0. The first kappa shape index (κ1) is 17.2. The minimum atomic E-state index is 0.00260. The van der Waals surface area contributed by atoms with E-state index in [2.05, 4.69) is 26.1 Å². The zero-order valence-electron chi connectivity index (χ0n) is 15.6. The molecule has 8 heteroatoms. The smallest absolute Gasteiger partial charge is 0.244 e. The molecule has 1 amide bonds. The lowest BCUT2D eigenvalue weighted by Gasteiger charge is -2.42. The Balaban J connectivity index is 1.36. The van der Waals surface area contributed by atoms with E-state index in [-0.39, 0.29) is 11.9 Å². The fourth-order valence-corrected chi connectivity index (χ4v) is 4.02. The lowest BCUT2D eigenvalue weighted by Crippen LogP contribution is -2.57. The van der Waals surface area contributed by atoms with Crippen LogP contribution >= 0.6 is 0 Å². The summed E-state index contributed by atoms with van der Waals surface area (Å²) in [5.74, 6) is 0.226. The predicted octanol–water partition coefficient (Wildman–Crippen LogP) is 0.467. The molecule has 0 aliphatic carbocycles. The number of nitrogens with zero attached hydrogens (tertiary/aromatic N) is 7. The van der Waals surface area contributed by atoms with Gasteiger partial charge < -0.3 is 4.90 Å². The molecule has 2 fully saturated rings. The highest BCUT2D eigenvalue weighted by Gasteiger charge is 2.35. The summed E-state index contributed by atoms with van der Waals surface area (Å²) in [4.78, 5) is 19.8. The molecule has 140 valence electrons. The second kappa shape index (κ2) is 7.20. The minimum absolute atomic E-state index is 0.00260. The van der Waals surface area contributed by atoms with Crippen molar-refractivity contribution in [3.05, 3.63) is 30.4 Å². The molecule has 1 atom stereocenters. The van der Waals surface area contributed by atoms with Crippen LogP contribution in [0.2, 0.25) is 0 Å². The molecule has 8 nitrogen and oxygen atoms in total. The van der Waals surface area contributed by atoms with Crippen LogP contribution in [0.3, 0.4) is 0 Å². The van der Waals surface area contributed by atoms with E-state index in [0.717, 1.165) is 57.8 Å². The molecule has 0 bridgehead atoms. The average molecular weight is 357 g/mol. The van der Waals surface area contributed by atoms with Crippen LogP contribution in [-0.2, 0) is 25.4 Å². The summed E-state index contributed by atoms with van der Waals surface area (Å²) in [6.07, 6.45) is 7.55. The Morgan fingerprint density at radius 2 is 1.92 bits per heavy atom. The Morgan fingerprint density at radius 1 is 1.12 bits per heavy atom. The quantitative estimate of drug-likeness (QED) is 0.796. The van der Waals surface area contributed by atoms with Crippen LogP contribution in [0, 0.1) is 0 Å². The molecule has 26 heavy (non-hydrogen) atoms. The summed E-state index contributed by atoms with van der Waals surface area (Å²) in [5, 5.41) is 8.45. The lowest BCUT2D eigenvalue weighted by atomic mass is 10.0. The molecule has 2 aromatic heterocycles. The van der Waals surface area contributed by atoms with Gasteiger partial charge in [-0.15, -0.1) is 0 Å². The van der Waals surface area contributed by atoms with Gasteiger partial charge >= 0.3 is 0 Å². The molecule has 0 unspecified atom stereocenters. The highest BCUT2D eigenvalue weighted by molar-refractivity contribution is 5.97. The van der Waals surface area contributed by atoms with E-state index in [1.54, 1.807) is 10.9 Å². The molecule has 0 radical (unpaired) electrons. The van der Waals surface area contributed by atoms with Gasteiger partial charge in [0.2, 0.25) is 5.91 Å². The van der Waals surface area contributed by atoms with Crippen LogP contribution in [0.5, 0.6) is 0 Å². The molecular weight excluding hydrogens is 330 g/mol. The number of aromatic nitrogens is 4. The number of piperidine rings is 1. The van der Waals surface area contributed by atoms with Gasteiger partial charge in [-0.2, -0.15) is 10.2 Å². The first-order valence-corrected chi connectivity index (χ1v) is 9.35. The Labute approximate surface area is 154 Å². The van der Waals surface area contributed by atoms with Crippen molar-refractivity contribution in [3.63, 3.8) is 0 Å². The third kappa shape index (κ3) is 3.39. The van der Waals surface area contributed by atoms with E-state index in [9.17, 15) is 4.79 Å². The Bertz CT molecular complexity index is 759. The van der Waals surface area contributed by atoms with Crippen LogP contribution in [0.25, 0.3) is 0 Å². The first-order valence-electron chi connectivity index (χ1n) is 9.35. The Kier molecular flexibility index (Phi) is 4.78. The van der Waals surface area contributed by atoms with Crippen LogP contribution in [0.15, 0.2) is 24.7 Å². The van der Waals surface area contributed by atoms with Gasteiger partial charge in [-0.3, -0.25) is 24.0 Å². The van der Waals surface area contributed by atoms with Gasteiger partial charge in [-0.05, 0) is 18.9 Å². The molecule has 2 saturated heterocycles. The SMILES string of the molecule is Cn1cc(N2CCC[C@H](N3CCN(Cc4ccnn4C)CC3)C2=O)cn1. The van der Waals surface area contributed by atoms with Crippen LogP contribution in [0.4, 0.5) is 5.69 Å². The van der Waals surface area contributed by atoms with Crippen LogP contribution in [0.1, 0.15) is 18.5 Å². The van der Waals surface area contributed by atoms with Crippen molar-refractivity contribution < 1.29 is 4.79 Å². The molecule has 4 rings (SSSR count). The van der Waals surface area contributed by atoms with Gasteiger partial charge in [0.05, 0.1) is 23.6 Å². The van der Waals surface area contributed by atoms with Crippen molar-refractivity contribution in [1.29, 1.82) is 0 Å². The highest BCUT2D eigenvalue weighted by Crippen LogP contribution is 2.24. The second-order valence-electron chi connectivity index (χ2n) is 7.28. The minimum Gasteiger partial charge on any atom is -0.308 e. The predicted molar refractivity (Wildman–Crippen MR) is 98.6 cm³/mol. The third-order valence-electron chi connectivity index (χ3n) is 5.57. The number of amides is 1. The molecule has 2 aromatic rings. The number of anilines is 1. The fraction of sp³-hybridized carbons (Fsp3) is 0.611.